The SMILES string of the molecule is CC(NC(=O)COc1ccc(N(C)S(=O)(=O)c2cccs2)cc1)c1ccccn1. The Morgan fingerprint density at radius 2 is 1.93 bits per heavy atom. The van der Waals surface area contributed by atoms with Gasteiger partial charge in [0, 0.05) is 13.2 Å². The third-order valence-corrected chi connectivity index (χ3v) is 7.35. The number of ether oxygens (including phenoxy) is 1. The lowest BCUT2D eigenvalue weighted by atomic mass is 10.2. The molecule has 1 unspecified atom stereocenters. The molecule has 0 bridgehead atoms. The first kappa shape index (κ1) is 20.8. The van der Waals surface area contributed by atoms with Gasteiger partial charge in [0.05, 0.1) is 17.4 Å². The van der Waals surface area contributed by atoms with Crippen molar-refractivity contribution in [2.75, 3.05) is 18.0 Å². The van der Waals surface area contributed by atoms with E-state index in [1.807, 2.05) is 25.1 Å². The van der Waals surface area contributed by atoms with Crippen LogP contribution in [0, 0.1) is 0 Å². The maximum Gasteiger partial charge on any atom is 0.273 e. The second kappa shape index (κ2) is 9.06. The number of rotatable bonds is 8. The van der Waals surface area contributed by atoms with Gasteiger partial charge in [0.2, 0.25) is 0 Å². The van der Waals surface area contributed by atoms with Crippen LogP contribution in [0.3, 0.4) is 0 Å². The lowest BCUT2D eigenvalue weighted by Gasteiger charge is -2.19. The Balaban J connectivity index is 1.56. The first-order chi connectivity index (χ1) is 13.9. The van der Waals surface area contributed by atoms with E-state index in [4.69, 9.17) is 4.74 Å². The summed E-state index contributed by atoms with van der Waals surface area (Å²) in [4.78, 5) is 16.3. The lowest BCUT2D eigenvalue weighted by Crippen LogP contribution is -2.31. The van der Waals surface area contributed by atoms with E-state index in [2.05, 4.69) is 10.3 Å². The number of benzene rings is 1. The highest BCUT2D eigenvalue weighted by molar-refractivity contribution is 7.94. The predicted molar refractivity (Wildman–Crippen MR) is 113 cm³/mol. The fourth-order valence-corrected chi connectivity index (χ4v) is 4.93. The zero-order valence-electron chi connectivity index (χ0n) is 16.0. The molecule has 1 amide bonds. The number of carbonyl (C=O) groups is 1. The number of amides is 1. The van der Waals surface area contributed by atoms with E-state index in [1.165, 1.54) is 22.7 Å². The second-order valence-electron chi connectivity index (χ2n) is 6.23. The van der Waals surface area contributed by atoms with Crippen LogP contribution in [0.1, 0.15) is 18.7 Å². The van der Waals surface area contributed by atoms with Gasteiger partial charge in [-0.3, -0.25) is 14.1 Å². The minimum Gasteiger partial charge on any atom is -0.484 e. The number of nitrogens with zero attached hydrogens (tertiary/aromatic N) is 2. The minimum atomic E-state index is -3.59. The average molecular weight is 432 g/mol. The van der Waals surface area contributed by atoms with Crippen molar-refractivity contribution in [2.45, 2.75) is 17.2 Å². The summed E-state index contributed by atoms with van der Waals surface area (Å²) in [7, 11) is -2.09. The van der Waals surface area contributed by atoms with E-state index in [0.717, 1.165) is 5.69 Å². The van der Waals surface area contributed by atoms with Gasteiger partial charge in [0.1, 0.15) is 9.96 Å². The first-order valence-corrected chi connectivity index (χ1v) is 11.2. The Morgan fingerprint density at radius 1 is 1.17 bits per heavy atom. The topological polar surface area (TPSA) is 88.6 Å². The van der Waals surface area contributed by atoms with Crippen LogP contribution in [0.2, 0.25) is 0 Å². The quantitative estimate of drug-likeness (QED) is 0.592. The number of aromatic nitrogens is 1. The van der Waals surface area contributed by atoms with Gasteiger partial charge < -0.3 is 10.1 Å². The van der Waals surface area contributed by atoms with E-state index in [9.17, 15) is 13.2 Å². The second-order valence-corrected chi connectivity index (χ2v) is 9.37. The van der Waals surface area contributed by atoms with E-state index in [0.29, 0.717) is 11.4 Å². The molecule has 0 saturated carbocycles. The number of hydrogen-bond acceptors (Lipinski definition) is 6. The molecule has 29 heavy (non-hydrogen) atoms. The molecular weight excluding hydrogens is 410 g/mol. The molecule has 0 aliphatic rings. The van der Waals surface area contributed by atoms with Crippen molar-refractivity contribution < 1.29 is 17.9 Å². The van der Waals surface area contributed by atoms with E-state index < -0.39 is 10.0 Å². The largest absolute Gasteiger partial charge is 0.484 e. The van der Waals surface area contributed by atoms with Gasteiger partial charge in [0.15, 0.2) is 6.61 Å². The molecule has 0 radical (unpaired) electrons. The van der Waals surface area contributed by atoms with Gasteiger partial charge >= 0.3 is 0 Å². The van der Waals surface area contributed by atoms with Gasteiger partial charge in [-0.15, -0.1) is 11.3 Å². The van der Waals surface area contributed by atoms with Crippen molar-refractivity contribution in [1.82, 2.24) is 10.3 Å². The average Bonchev–Trinajstić information content (AvgIpc) is 3.28. The molecule has 0 saturated heterocycles. The summed E-state index contributed by atoms with van der Waals surface area (Å²) in [6.45, 7) is 1.69. The summed E-state index contributed by atoms with van der Waals surface area (Å²) < 4.78 is 32.1. The van der Waals surface area contributed by atoms with E-state index >= 15 is 0 Å². The van der Waals surface area contributed by atoms with Crippen molar-refractivity contribution >= 4 is 33.0 Å². The number of nitrogens with one attached hydrogen (secondary N) is 1. The number of thiophene rings is 1. The Bertz CT molecular complexity index is 1040. The third-order valence-electron chi connectivity index (χ3n) is 4.19. The molecular formula is C20H21N3O4S2. The summed E-state index contributed by atoms with van der Waals surface area (Å²) in [5.74, 6) is 0.195. The monoisotopic (exact) mass is 431 g/mol. The van der Waals surface area contributed by atoms with Crippen molar-refractivity contribution in [3.63, 3.8) is 0 Å². The number of hydrogen-bond donors (Lipinski definition) is 1. The summed E-state index contributed by atoms with van der Waals surface area (Å²) in [5, 5.41) is 4.54. The molecule has 0 spiro atoms. The zero-order valence-corrected chi connectivity index (χ0v) is 17.6. The molecule has 0 fully saturated rings. The Hall–Kier alpha value is -2.91. The Kier molecular flexibility index (Phi) is 6.50. The van der Waals surface area contributed by atoms with Gasteiger partial charge in [-0.2, -0.15) is 0 Å². The Labute approximate surface area is 174 Å². The summed E-state index contributed by atoms with van der Waals surface area (Å²) >= 11 is 1.17. The fraction of sp³-hybridized carbons (Fsp3) is 0.200. The van der Waals surface area contributed by atoms with Crippen LogP contribution >= 0.6 is 11.3 Å². The lowest BCUT2D eigenvalue weighted by molar-refractivity contribution is -0.123. The van der Waals surface area contributed by atoms with Crippen LogP contribution in [0.15, 0.2) is 70.4 Å². The van der Waals surface area contributed by atoms with Gasteiger partial charge in [-0.05, 0) is 54.8 Å². The number of anilines is 1. The number of pyridine rings is 1. The van der Waals surface area contributed by atoms with Crippen LogP contribution in [0.5, 0.6) is 5.75 Å². The smallest absolute Gasteiger partial charge is 0.273 e. The van der Waals surface area contributed by atoms with Crippen molar-refractivity contribution in [1.29, 1.82) is 0 Å². The minimum absolute atomic E-state index is 0.153. The number of sulfonamides is 1. The molecule has 2 aromatic heterocycles. The van der Waals surface area contributed by atoms with Gasteiger partial charge in [-0.25, -0.2) is 8.42 Å². The van der Waals surface area contributed by atoms with Crippen LogP contribution in [0.4, 0.5) is 5.69 Å². The van der Waals surface area contributed by atoms with Crippen LogP contribution in [-0.4, -0.2) is 33.0 Å². The predicted octanol–water partition coefficient (Wildman–Crippen LogP) is 3.22. The maximum absolute atomic E-state index is 12.6. The molecule has 1 N–H and O–H groups in total. The standard InChI is InChI=1S/C20H21N3O4S2/c1-15(18-6-3-4-12-21-18)22-19(24)14-27-17-10-8-16(9-11-17)23(2)29(25,26)20-7-5-13-28-20/h3-13,15H,14H2,1-2H3,(H,22,24). The summed E-state index contributed by atoms with van der Waals surface area (Å²) in [5.41, 5.74) is 1.26. The van der Waals surface area contributed by atoms with Crippen LogP contribution < -0.4 is 14.4 Å². The van der Waals surface area contributed by atoms with E-state index in [-0.39, 0.29) is 22.8 Å². The van der Waals surface area contributed by atoms with Crippen molar-refractivity contribution in [3.8, 4) is 5.75 Å². The normalized spacial score (nSPS) is 12.2. The van der Waals surface area contributed by atoms with Crippen LogP contribution in [0.25, 0.3) is 0 Å². The molecule has 0 aliphatic heterocycles. The highest BCUT2D eigenvalue weighted by atomic mass is 32.2. The highest BCUT2D eigenvalue weighted by Gasteiger charge is 2.22. The fourth-order valence-electron chi connectivity index (χ4n) is 2.57. The molecule has 1 atom stereocenters. The Morgan fingerprint density at radius 3 is 2.55 bits per heavy atom. The molecule has 7 nitrogen and oxygen atoms in total. The van der Waals surface area contributed by atoms with Gasteiger partial charge in [0.25, 0.3) is 15.9 Å². The third kappa shape index (κ3) is 5.12. The molecule has 9 heteroatoms. The maximum atomic E-state index is 12.6. The molecule has 2 heterocycles. The van der Waals surface area contributed by atoms with Crippen LogP contribution in [-0.2, 0) is 14.8 Å². The molecule has 1 aromatic carbocycles. The summed E-state index contributed by atoms with van der Waals surface area (Å²) in [6, 6.07) is 15.1. The molecule has 152 valence electrons. The highest BCUT2D eigenvalue weighted by Crippen LogP contribution is 2.26. The van der Waals surface area contributed by atoms with Crippen molar-refractivity contribution in [3.05, 3.63) is 71.9 Å². The molecule has 0 aliphatic carbocycles. The van der Waals surface area contributed by atoms with E-state index in [1.54, 1.807) is 48.0 Å². The van der Waals surface area contributed by atoms with Gasteiger partial charge in [-0.1, -0.05) is 12.1 Å². The molecule has 3 aromatic rings. The number of carbonyl (C=O) groups excluding carboxylic acids is 1. The first-order valence-electron chi connectivity index (χ1n) is 8.83. The zero-order chi connectivity index (χ0) is 20.9. The van der Waals surface area contributed by atoms with Crippen molar-refractivity contribution in [2.24, 2.45) is 0 Å². The summed E-state index contributed by atoms with van der Waals surface area (Å²) in [6.07, 6.45) is 1.67. The molecule has 3 rings (SSSR count).